The summed E-state index contributed by atoms with van der Waals surface area (Å²) in [6.45, 7) is 1.34. The highest BCUT2D eigenvalue weighted by atomic mass is 32.2. The Kier molecular flexibility index (Phi) is 2.15. The molecule has 64 valence electrons. The van der Waals surface area contributed by atoms with E-state index < -0.39 is 0 Å². The van der Waals surface area contributed by atoms with Gasteiger partial charge in [-0.3, -0.25) is 4.90 Å². The van der Waals surface area contributed by atoms with Crippen molar-refractivity contribution in [2.24, 2.45) is 0 Å². The number of rotatable bonds is 0. The standard InChI is InChI=1S/C9H17NS/c1-10-7-9(11-8-10)5-3-2-4-6-9/h2-8H2,1H3. The second-order valence-corrected chi connectivity index (χ2v) is 5.44. The van der Waals surface area contributed by atoms with Crippen LogP contribution in [0.15, 0.2) is 0 Å². The SMILES string of the molecule is CN1CSC2(CCCCC2)C1. The summed E-state index contributed by atoms with van der Waals surface area (Å²) in [5, 5.41) is 0. The van der Waals surface area contributed by atoms with E-state index in [1.54, 1.807) is 0 Å². The smallest absolute Gasteiger partial charge is 0.0447 e. The average molecular weight is 171 g/mol. The lowest BCUT2D eigenvalue weighted by Gasteiger charge is -2.31. The third-order valence-corrected chi connectivity index (χ3v) is 4.63. The third kappa shape index (κ3) is 1.57. The Labute approximate surface area is 73.5 Å². The summed E-state index contributed by atoms with van der Waals surface area (Å²) in [4.78, 5) is 2.47. The second-order valence-electron chi connectivity index (χ2n) is 4.03. The molecular weight excluding hydrogens is 154 g/mol. The average Bonchev–Trinajstić information content (AvgIpc) is 2.34. The summed E-state index contributed by atoms with van der Waals surface area (Å²) in [6, 6.07) is 0. The molecule has 0 atom stereocenters. The molecule has 1 heterocycles. The minimum atomic E-state index is 0.688. The summed E-state index contributed by atoms with van der Waals surface area (Å²) in [7, 11) is 2.25. The highest BCUT2D eigenvalue weighted by molar-refractivity contribution is 8.00. The predicted molar refractivity (Wildman–Crippen MR) is 50.9 cm³/mol. The minimum absolute atomic E-state index is 0.688. The van der Waals surface area contributed by atoms with Crippen LogP contribution in [-0.2, 0) is 0 Å². The lowest BCUT2D eigenvalue weighted by atomic mass is 9.88. The molecular formula is C9H17NS. The lowest BCUT2D eigenvalue weighted by Crippen LogP contribution is -2.32. The Morgan fingerprint density at radius 3 is 2.45 bits per heavy atom. The van der Waals surface area contributed by atoms with Gasteiger partial charge in [0.25, 0.3) is 0 Å². The van der Waals surface area contributed by atoms with Gasteiger partial charge in [-0.25, -0.2) is 0 Å². The maximum absolute atomic E-state index is 2.47. The first-order valence-electron chi connectivity index (χ1n) is 4.63. The first-order valence-corrected chi connectivity index (χ1v) is 5.62. The van der Waals surface area contributed by atoms with E-state index in [0.717, 1.165) is 0 Å². The largest absolute Gasteiger partial charge is 0.296 e. The highest BCUT2D eigenvalue weighted by Gasteiger charge is 2.37. The Morgan fingerprint density at radius 2 is 1.91 bits per heavy atom. The fourth-order valence-corrected chi connectivity index (χ4v) is 3.80. The zero-order valence-corrected chi connectivity index (χ0v) is 8.12. The summed E-state index contributed by atoms with van der Waals surface area (Å²) in [5.74, 6) is 1.26. The Morgan fingerprint density at radius 1 is 1.18 bits per heavy atom. The van der Waals surface area contributed by atoms with Gasteiger partial charge >= 0.3 is 0 Å². The molecule has 0 N–H and O–H groups in total. The number of nitrogens with zero attached hydrogens (tertiary/aromatic N) is 1. The van der Waals surface area contributed by atoms with Crippen molar-refractivity contribution in [1.29, 1.82) is 0 Å². The van der Waals surface area contributed by atoms with E-state index in [2.05, 4.69) is 23.7 Å². The lowest BCUT2D eigenvalue weighted by molar-refractivity contribution is 0.312. The number of hydrogen-bond acceptors (Lipinski definition) is 2. The van der Waals surface area contributed by atoms with Crippen LogP contribution in [0, 0.1) is 0 Å². The highest BCUT2D eigenvalue weighted by Crippen LogP contribution is 2.44. The summed E-state index contributed by atoms with van der Waals surface area (Å²) < 4.78 is 0.688. The molecule has 0 aromatic rings. The monoisotopic (exact) mass is 171 g/mol. The van der Waals surface area contributed by atoms with E-state index in [0.29, 0.717) is 4.75 Å². The van der Waals surface area contributed by atoms with Crippen molar-refractivity contribution in [2.45, 2.75) is 36.9 Å². The van der Waals surface area contributed by atoms with E-state index in [4.69, 9.17) is 0 Å². The van der Waals surface area contributed by atoms with E-state index in [9.17, 15) is 0 Å². The third-order valence-electron chi connectivity index (χ3n) is 2.91. The molecule has 1 spiro atoms. The van der Waals surface area contributed by atoms with Gasteiger partial charge in [0.2, 0.25) is 0 Å². The molecule has 0 radical (unpaired) electrons. The predicted octanol–water partition coefficient (Wildman–Crippen LogP) is 2.33. The van der Waals surface area contributed by atoms with Crippen molar-refractivity contribution in [3.05, 3.63) is 0 Å². The molecule has 1 aliphatic heterocycles. The molecule has 2 rings (SSSR count). The first kappa shape index (κ1) is 7.93. The molecule has 11 heavy (non-hydrogen) atoms. The molecule has 0 aromatic heterocycles. The molecule has 0 amide bonds. The first-order chi connectivity index (χ1) is 5.31. The molecule has 0 unspecified atom stereocenters. The summed E-state index contributed by atoms with van der Waals surface area (Å²) >= 11 is 2.20. The fourth-order valence-electron chi connectivity index (χ4n) is 2.33. The van der Waals surface area contributed by atoms with Gasteiger partial charge in [0.05, 0.1) is 0 Å². The van der Waals surface area contributed by atoms with Crippen LogP contribution in [0.3, 0.4) is 0 Å². The Balaban J connectivity index is 1.98. The van der Waals surface area contributed by atoms with E-state index >= 15 is 0 Å². The maximum Gasteiger partial charge on any atom is 0.0447 e. The molecule has 2 heteroatoms. The van der Waals surface area contributed by atoms with Crippen LogP contribution in [-0.4, -0.2) is 29.1 Å². The molecule has 1 nitrogen and oxygen atoms in total. The van der Waals surface area contributed by atoms with Crippen molar-refractivity contribution in [3.8, 4) is 0 Å². The van der Waals surface area contributed by atoms with Crippen molar-refractivity contribution in [1.82, 2.24) is 4.90 Å². The topological polar surface area (TPSA) is 3.24 Å². The van der Waals surface area contributed by atoms with Crippen LogP contribution < -0.4 is 0 Å². The van der Waals surface area contributed by atoms with Gasteiger partial charge in [0.15, 0.2) is 0 Å². The number of hydrogen-bond donors (Lipinski definition) is 0. The van der Waals surface area contributed by atoms with Crippen molar-refractivity contribution >= 4 is 11.8 Å². The quantitative estimate of drug-likeness (QED) is 0.550. The fraction of sp³-hybridized carbons (Fsp3) is 1.00. The van der Waals surface area contributed by atoms with E-state index in [1.807, 2.05) is 0 Å². The maximum atomic E-state index is 2.47. The Hall–Kier alpha value is 0.310. The molecule has 0 aromatic carbocycles. The van der Waals surface area contributed by atoms with Gasteiger partial charge in [0, 0.05) is 17.2 Å². The van der Waals surface area contributed by atoms with Gasteiger partial charge in [-0.15, -0.1) is 11.8 Å². The van der Waals surface area contributed by atoms with Crippen molar-refractivity contribution in [2.75, 3.05) is 19.5 Å². The Bertz CT molecular complexity index is 135. The zero-order chi connectivity index (χ0) is 7.73. The van der Waals surface area contributed by atoms with Crippen molar-refractivity contribution in [3.63, 3.8) is 0 Å². The van der Waals surface area contributed by atoms with Crippen LogP contribution in [0.25, 0.3) is 0 Å². The van der Waals surface area contributed by atoms with Gasteiger partial charge in [-0.1, -0.05) is 19.3 Å². The molecule has 1 aliphatic carbocycles. The van der Waals surface area contributed by atoms with E-state index in [-0.39, 0.29) is 0 Å². The summed E-state index contributed by atoms with van der Waals surface area (Å²) in [5.41, 5.74) is 0. The second kappa shape index (κ2) is 2.98. The zero-order valence-electron chi connectivity index (χ0n) is 7.31. The van der Waals surface area contributed by atoms with Crippen LogP contribution in [0.1, 0.15) is 32.1 Å². The van der Waals surface area contributed by atoms with Gasteiger partial charge < -0.3 is 0 Å². The van der Waals surface area contributed by atoms with Gasteiger partial charge in [0.1, 0.15) is 0 Å². The van der Waals surface area contributed by atoms with Crippen LogP contribution >= 0.6 is 11.8 Å². The molecule has 2 aliphatic rings. The number of thioether (sulfide) groups is 1. The van der Waals surface area contributed by atoms with Gasteiger partial charge in [-0.2, -0.15) is 0 Å². The molecule has 1 saturated heterocycles. The molecule has 1 saturated carbocycles. The minimum Gasteiger partial charge on any atom is -0.296 e. The molecule has 0 bridgehead atoms. The van der Waals surface area contributed by atoms with Crippen LogP contribution in [0.4, 0.5) is 0 Å². The molecule has 2 fully saturated rings. The van der Waals surface area contributed by atoms with Crippen molar-refractivity contribution < 1.29 is 0 Å². The van der Waals surface area contributed by atoms with Crippen LogP contribution in [0.5, 0.6) is 0 Å². The van der Waals surface area contributed by atoms with Crippen LogP contribution in [0.2, 0.25) is 0 Å². The normalized spacial score (nSPS) is 31.4. The van der Waals surface area contributed by atoms with E-state index in [1.165, 1.54) is 44.5 Å². The van der Waals surface area contributed by atoms with Gasteiger partial charge in [-0.05, 0) is 19.9 Å². The summed E-state index contributed by atoms with van der Waals surface area (Å²) in [6.07, 6.45) is 7.37.